The molecule has 0 saturated carbocycles. The minimum absolute atomic E-state index is 0.367. The van der Waals surface area contributed by atoms with Crippen LogP contribution in [0.5, 0.6) is 0 Å². The van der Waals surface area contributed by atoms with Gasteiger partial charge in [0.1, 0.15) is 5.78 Å². The average Bonchev–Trinajstić information content (AvgIpc) is 2.73. The Labute approximate surface area is 115 Å². The first-order chi connectivity index (χ1) is 8.24. The van der Waals surface area contributed by atoms with Crippen LogP contribution in [0, 0.1) is 0 Å². The molecule has 0 aromatic carbocycles. The molecule has 0 spiro atoms. The summed E-state index contributed by atoms with van der Waals surface area (Å²) >= 11 is 5.07. The zero-order valence-electron chi connectivity index (χ0n) is 9.88. The monoisotopic (exact) mass is 315 g/mol. The molecule has 0 bridgehead atoms. The van der Waals surface area contributed by atoms with Gasteiger partial charge in [-0.25, -0.2) is 0 Å². The molecular weight excluding hydrogens is 298 g/mol. The third-order valence-electron chi connectivity index (χ3n) is 3.18. The third-order valence-corrected chi connectivity index (χ3v) is 4.87. The molecule has 17 heavy (non-hydrogen) atoms. The summed E-state index contributed by atoms with van der Waals surface area (Å²) < 4.78 is 1.08. The summed E-state index contributed by atoms with van der Waals surface area (Å²) in [5.41, 5.74) is 0. The molecule has 2 nitrogen and oxygen atoms in total. The minimum Gasteiger partial charge on any atom is -0.314 e. The van der Waals surface area contributed by atoms with E-state index in [1.165, 1.54) is 24.1 Å². The molecule has 1 aromatic heterocycles. The number of ketones is 1. The maximum atomic E-state index is 11.8. The Bertz CT molecular complexity index is 371. The standard InChI is InChI=1S/C13H18BrNOS/c14-10-7-13(17-9-10)8-12(16)5-4-11-3-1-2-6-15-11/h7,9,11,15H,1-6,8H2. The van der Waals surface area contributed by atoms with Crippen molar-refractivity contribution in [1.82, 2.24) is 5.32 Å². The van der Waals surface area contributed by atoms with Crippen LogP contribution in [-0.4, -0.2) is 18.4 Å². The molecule has 1 unspecified atom stereocenters. The van der Waals surface area contributed by atoms with Gasteiger partial charge in [0.05, 0.1) is 0 Å². The number of Topliss-reactive ketones (excluding diaryl/α,β-unsaturated/α-hetero) is 1. The zero-order valence-corrected chi connectivity index (χ0v) is 12.3. The van der Waals surface area contributed by atoms with Crippen molar-refractivity contribution in [2.45, 2.75) is 44.6 Å². The highest BCUT2D eigenvalue weighted by Gasteiger charge is 2.14. The molecule has 2 heterocycles. The molecule has 4 heteroatoms. The van der Waals surface area contributed by atoms with Gasteiger partial charge in [0.25, 0.3) is 0 Å². The number of piperidine rings is 1. The number of hydrogen-bond donors (Lipinski definition) is 1. The fourth-order valence-corrected chi connectivity index (χ4v) is 3.71. The van der Waals surface area contributed by atoms with E-state index in [4.69, 9.17) is 0 Å². The van der Waals surface area contributed by atoms with Gasteiger partial charge in [-0.3, -0.25) is 4.79 Å². The normalized spacial score (nSPS) is 20.4. The number of thiophene rings is 1. The predicted molar refractivity (Wildman–Crippen MR) is 75.6 cm³/mol. The van der Waals surface area contributed by atoms with Crippen LogP contribution in [0.3, 0.4) is 0 Å². The van der Waals surface area contributed by atoms with Crippen molar-refractivity contribution >= 4 is 33.0 Å². The lowest BCUT2D eigenvalue weighted by atomic mass is 9.98. The summed E-state index contributed by atoms with van der Waals surface area (Å²) in [6.45, 7) is 1.12. The average molecular weight is 316 g/mol. The van der Waals surface area contributed by atoms with Crippen molar-refractivity contribution in [1.29, 1.82) is 0 Å². The minimum atomic E-state index is 0.367. The highest BCUT2D eigenvalue weighted by molar-refractivity contribution is 9.10. The molecule has 1 fully saturated rings. The van der Waals surface area contributed by atoms with Crippen LogP contribution in [0.15, 0.2) is 15.9 Å². The summed E-state index contributed by atoms with van der Waals surface area (Å²) in [6, 6.07) is 2.62. The summed E-state index contributed by atoms with van der Waals surface area (Å²) in [5, 5.41) is 5.52. The summed E-state index contributed by atoms with van der Waals surface area (Å²) in [7, 11) is 0. The summed E-state index contributed by atoms with van der Waals surface area (Å²) in [4.78, 5) is 13.0. The lowest BCUT2D eigenvalue weighted by Crippen LogP contribution is -2.34. The largest absolute Gasteiger partial charge is 0.314 e. The van der Waals surface area contributed by atoms with Crippen LogP contribution in [0.4, 0.5) is 0 Å². The second kappa shape index (κ2) is 6.66. The van der Waals surface area contributed by atoms with Gasteiger partial charge in [0, 0.05) is 33.6 Å². The number of rotatable bonds is 5. The van der Waals surface area contributed by atoms with Gasteiger partial charge in [-0.15, -0.1) is 11.3 Å². The van der Waals surface area contributed by atoms with Gasteiger partial charge >= 0.3 is 0 Å². The molecule has 94 valence electrons. The molecule has 1 saturated heterocycles. The van der Waals surface area contributed by atoms with Crippen molar-refractivity contribution in [2.24, 2.45) is 0 Å². The van der Waals surface area contributed by atoms with Gasteiger partial charge in [0.2, 0.25) is 0 Å². The highest BCUT2D eigenvalue weighted by atomic mass is 79.9. The van der Waals surface area contributed by atoms with E-state index in [1.807, 2.05) is 11.4 Å². The van der Waals surface area contributed by atoms with Crippen molar-refractivity contribution in [3.05, 3.63) is 20.8 Å². The molecule has 0 aliphatic carbocycles. The first-order valence-corrected chi connectivity index (χ1v) is 7.89. The zero-order chi connectivity index (χ0) is 12.1. The summed E-state index contributed by atoms with van der Waals surface area (Å²) in [5.74, 6) is 0.367. The van der Waals surface area contributed by atoms with Crippen LogP contribution in [0.25, 0.3) is 0 Å². The van der Waals surface area contributed by atoms with Crippen LogP contribution < -0.4 is 5.32 Å². The Morgan fingerprint density at radius 3 is 3.06 bits per heavy atom. The predicted octanol–water partition coefficient (Wildman–Crippen LogP) is 3.54. The Morgan fingerprint density at radius 2 is 2.41 bits per heavy atom. The molecule has 1 atom stereocenters. The van der Waals surface area contributed by atoms with Crippen LogP contribution >= 0.6 is 27.3 Å². The van der Waals surface area contributed by atoms with Crippen molar-refractivity contribution < 1.29 is 4.79 Å². The molecule has 0 radical (unpaired) electrons. The third kappa shape index (κ3) is 4.53. The number of hydrogen-bond acceptors (Lipinski definition) is 3. The van der Waals surface area contributed by atoms with Crippen molar-refractivity contribution in [3.63, 3.8) is 0 Å². The smallest absolute Gasteiger partial charge is 0.138 e. The second-order valence-corrected chi connectivity index (χ2v) is 6.54. The van der Waals surface area contributed by atoms with Gasteiger partial charge in [0.15, 0.2) is 0 Å². The van der Waals surface area contributed by atoms with E-state index < -0.39 is 0 Å². The van der Waals surface area contributed by atoms with Crippen molar-refractivity contribution in [3.8, 4) is 0 Å². The van der Waals surface area contributed by atoms with Gasteiger partial charge in [-0.1, -0.05) is 6.42 Å². The fourth-order valence-electron chi connectivity index (χ4n) is 2.23. The molecule has 1 N–H and O–H groups in total. The molecule has 1 aliphatic heterocycles. The van der Waals surface area contributed by atoms with Crippen LogP contribution in [0.2, 0.25) is 0 Å². The fraction of sp³-hybridized carbons (Fsp3) is 0.615. The van der Waals surface area contributed by atoms with E-state index in [9.17, 15) is 4.79 Å². The summed E-state index contributed by atoms with van der Waals surface area (Å²) in [6.07, 6.45) is 6.15. The Hall–Kier alpha value is -0.190. The number of carbonyl (C=O) groups excluding carboxylic acids is 1. The lowest BCUT2D eigenvalue weighted by Gasteiger charge is -2.22. The van der Waals surface area contributed by atoms with Crippen molar-refractivity contribution in [2.75, 3.05) is 6.54 Å². The first-order valence-electron chi connectivity index (χ1n) is 6.22. The lowest BCUT2D eigenvalue weighted by molar-refractivity contribution is -0.118. The molecule has 0 amide bonds. The van der Waals surface area contributed by atoms with E-state index in [2.05, 4.69) is 21.2 Å². The maximum absolute atomic E-state index is 11.8. The molecule has 1 aromatic rings. The van der Waals surface area contributed by atoms with E-state index in [1.54, 1.807) is 11.3 Å². The topological polar surface area (TPSA) is 29.1 Å². The number of halogens is 1. The molecule has 1 aliphatic rings. The van der Waals surface area contributed by atoms with E-state index in [0.717, 1.165) is 17.4 Å². The van der Waals surface area contributed by atoms with Crippen LogP contribution in [0.1, 0.15) is 37.0 Å². The quantitative estimate of drug-likeness (QED) is 0.900. The maximum Gasteiger partial charge on any atom is 0.138 e. The van der Waals surface area contributed by atoms with E-state index >= 15 is 0 Å². The van der Waals surface area contributed by atoms with E-state index in [0.29, 0.717) is 24.7 Å². The van der Waals surface area contributed by atoms with Gasteiger partial charge < -0.3 is 5.32 Å². The van der Waals surface area contributed by atoms with Gasteiger partial charge in [-0.05, 0) is 47.8 Å². The molecular formula is C13H18BrNOS. The number of carbonyl (C=O) groups is 1. The Balaban J connectivity index is 1.70. The highest BCUT2D eigenvalue weighted by Crippen LogP contribution is 2.21. The second-order valence-electron chi connectivity index (χ2n) is 4.63. The Morgan fingerprint density at radius 1 is 1.53 bits per heavy atom. The van der Waals surface area contributed by atoms with Crippen LogP contribution in [-0.2, 0) is 11.2 Å². The van der Waals surface area contributed by atoms with E-state index in [-0.39, 0.29) is 0 Å². The van der Waals surface area contributed by atoms with Gasteiger partial charge in [-0.2, -0.15) is 0 Å². The molecule has 2 rings (SSSR count). The first kappa shape index (κ1) is 13.2. The number of nitrogens with one attached hydrogen (secondary N) is 1. The SMILES string of the molecule is O=C(CCC1CCCCN1)Cc1cc(Br)cs1. The Kier molecular flexibility index (Phi) is 5.19.